The summed E-state index contributed by atoms with van der Waals surface area (Å²) in [6, 6.07) is 4.62. The zero-order valence-corrected chi connectivity index (χ0v) is 12.7. The van der Waals surface area contributed by atoms with Gasteiger partial charge in [-0.05, 0) is 62.6 Å². The number of alkyl halides is 1. The fourth-order valence-corrected chi connectivity index (χ4v) is 3.73. The average molecular weight is 265 g/mol. The van der Waals surface area contributed by atoms with Gasteiger partial charge in [0.05, 0.1) is 0 Å². The van der Waals surface area contributed by atoms with Gasteiger partial charge in [-0.2, -0.15) is 0 Å². The lowest BCUT2D eigenvalue weighted by molar-refractivity contribution is 0.463. The Morgan fingerprint density at radius 1 is 1.00 bits per heavy atom. The van der Waals surface area contributed by atoms with Gasteiger partial charge in [0.15, 0.2) is 0 Å². The summed E-state index contributed by atoms with van der Waals surface area (Å²) in [6.45, 7) is 6.67. The Morgan fingerprint density at radius 3 is 2.28 bits per heavy atom. The first-order valence-electron chi connectivity index (χ1n) is 7.28. The highest BCUT2D eigenvalue weighted by Crippen LogP contribution is 2.32. The normalized spacial score (nSPS) is 24.9. The summed E-state index contributed by atoms with van der Waals surface area (Å²) in [7, 11) is 0. The predicted octanol–water partition coefficient (Wildman–Crippen LogP) is 5.34. The quantitative estimate of drug-likeness (QED) is 0.499. The fourth-order valence-electron chi connectivity index (χ4n) is 3.36. The maximum Gasteiger partial charge on any atom is 0.0367 e. The number of benzene rings is 1. The molecule has 0 radical (unpaired) electrons. The molecule has 2 atom stereocenters. The first-order valence-corrected chi connectivity index (χ1v) is 7.72. The first kappa shape index (κ1) is 13.9. The van der Waals surface area contributed by atoms with Crippen LogP contribution in [0.3, 0.4) is 0 Å². The monoisotopic (exact) mass is 264 g/mol. The summed E-state index contributed by atoms with van der Waals surface area (Å²) in [4.78, 5) is 0. The zero-order chi connectivity index (χ0) is 13.1. The molecular weight excluding hydrogens is 240 g/mol. The standard InChI is InChI=1S/C17H25Cl/c1-12-9-13(2)16(14(3)10-12)11-15-7-5-4-6-8-17(15)18/h9-10,15,17H,4-8,11H2,1-3H3. The second-order valence-corrected chi connectivity index (χ2v) is 6.56. The SMILES string of the molecule is Cc1cc(C)c(CC2CCCCCC2Cl)c(C)c1. The highest BCUT2D eigenvalue weighted by molar-refractivity contribution is 6.20. The van der Waals surface area contributed by atoms with Gasteiger partial charge in [0.2, 0.25) is 0 Å². The molecule has 1 fully saturated rings. The smallest absolute Gasteiger partial charge is 0.0367 e. The minimum Gasteiger partial charge on any atom is -0.123 e. The number of hydrogen-bond acceptors (Lipinski definition) is 0. The van der Waals surface area contributed by atoms with E-state index in [2.05, 4.69) is 32.9 Å². The van der Waals surface area contributed by atoms with Crippen LogP contribution in [0.5, 0.6) is 0 Å². The maximum atomic E-state index is 6.57. The molecular formula is C17H25Cl. The van der Waals surface area contributed by atoms with Gasteiger partial charge >= 0.3 is 0 Å². The van der Waals surface area contributed by atoms with E-state index >= 15 is 0 Å². The van der Waals surface area contributed by atoms with Gasteiger partial charge < -0.3 is 0 Å². The zero-order valence-electron chi connectivity index (χ0n) is 11.9. The third-order valence-electron chi connectivity index (χ3n) is 4.37. The van der Waals surface area contributed by atoms with Crippen LogP contribution in [0.15, 0.2) is 12.1 Å². The van der Waals surface area contributed by atoms with Gasteiger partial charge in [0.25, 0.3) is 0 Å². The van der Waals surface area contributed by atoms with E-state index in [-0.39, 0.29) is 0 Å². The molecule has 1 aliphatic carbocycles. The third kappa shape index (κ3) is 3.29. The molecule has 1 aromatic carbocycles. The van der Waals surface area contributed by atoms with Crippen LogP contribution in [-0.4, -0.2) is 5.38 Å². The highest BCUT2D eigenvalue weighted by atomic mass is 35.5. The van der Waals surface area contributed by atoms with Crippen molar-refractivity contribution in [3.8, 4) is 0 Å². The molecule has 2 rings (SSSR count). The van der Waals surface area contributed by atoms with Gasteiger partial charge in [0.1, 0.15) is 0 Å². The van der Waals surface area contributed by atoms with Gasteiger partial charge in [-0.15, -0.1) is 11.6 Å². The Bertz CT molecular complexity index is 385. The first-order chi connectivity index (χ1) is 8.58. The second-order valence-electron chi connectivity index (χ2n) is 6.00. The van der Waals surface area contributed by atoms with Crippen molar-refractivity contribution in [3.63, 3.8) is 0 Å². The molecule has 0 aromatic heterocycles. The molecule has 1 saturated carbocycles. The summed E-state index contributed by atoms with van der Waals surface area (Å²) in [5.41, 5.74) is 5.80. The van der Waals surface area contributed by atoms with Gasteiger partial charge in [-0.25, -0.2) is 0 Å². The predicted molar refractivity (Wildman–Crippen MR) is 80.6 cm³/mol. The molecule has 1 aromatic rings. The molecule has 1 aliphatic rings. The maximum absolute atomic E-state index is 6.57. The molecule has 0 spiro atoms. The Morgan fingerprint density at radius 2 is 1.61 bits per heavy atom. The van der Waals surface area contributed by atoms with E-state index in [1.165, 1.54) is 60.8 Å². The van der Waals surface area contributed by atoms with Gasteiger partial charge in [0, 0.05) is 5.38 Å². The molecule has 100 valence electrons. The van der Waals surface area contributed by atoms with E-state index in [0.29, 0.717) is 11.3 Å². The Hall–Kier alpha value is -0.490. The minimum absolute atomic E-state index is 0.382. The number of hydrogen-bond donors (Lipinski definition) is 0. The average Bonchev–Trinajstić information content (AvgIpc) is 2.49. The summed E-state index contributed by atoms with van der Waals surface area (Å²) >= 11 is 6.57. The van der Waals surface area contributed by atoms with Crippen molar-refractivity contribution < 1.29 is 0 Å². The summed E-state index contributed by atoms with van der Waals surface area (Å²) in [6.07, 6.45) is 7.73. The molecule has 0 N–H and O–H groups in total. The number of aryl methyl sites for hydroxylation is 3. The van der Waals surface area contributed by atoms with Crippen molar-refractivity contribution in [1.29, 1.82) is 0 Å². The molecule has 1 heteroatoms. The van der Waals surface area contributed by atoms with Crippen LogP contribution in [0.25, 0.3) is 0 Å². The summed E-state index contributed by atoms with van der Waals surface area (Å²) in [5, 5.41) is 0.382. The summed E-state index contributed by atoms with van der Waals surface area (Å²) < 4.78 is 0. The highest BCUT2D eigenvalue weighted by Gasteiger charge is 2.23. The van der Waals surface area contributed by atoms with Crippen molar-refractivity contribution >= 4 is 11.6 Å². The Balaban J connectivity index is 2.17. The van der Waals surface area contributed by atoms with Crippen LogP contribution in [0.4, 0.5) is 0 Å². The molecule has 0 heterocycles. The van der Waals surface area contributed by atoms with Crippen molar-refractivity contribution in [2.75, 3.05) is 0 Å². The Labute approximate surface area is 117 Å². The van der Waals surface area contributed by atoms with Crippen LogP contribution >= 0.6 is 11.6 Å². The van der Waals surface area contributed by atoms with Crippen molar-refractivity contribution in [1.82, 2.24) is 0 Å². The van der Waals surface area contributed by atoms with E-state index in [0.717, 1.165) is 0 Å². The molecule has 0 aliphatic heterocycles. The molecule has 0 saturated heterocycles. The molecule has 0 amide bonds. The minimum atomic E-state index is 0.382. The lowest BCUT2D eigenvalue weighted by Crippen LogP contribution is -2.17. The van der Waals surface area contributed by atoms with E-state index < -0.39 is 0 Å². The van der Waals surface area contributed by atoms with E-state index in [1.807, 2.05) is 0 Å². The van der Waals surface area contributed by atoms with E-state index in [1.54, 1.807) is 0 Å². The topological polar surface area (TPSA) is 0 Å². The molecule has 0 bridgehead atoms. The van der Waals surface area contributed by atoms with Crippen LogP contribution in [-0.2, 0) is 6.42 Å². The lowest BCUT2D eigenvalue weighted by Gasteiger charge is -2.22. The second kappa shape index (κ2) is 6.10. The van der Waals surface area contributed by atoms with Crippen LogP contribution in [0.1, 0.15) is 54.4 Å². The van der Waals surface area contributed by atoms with Crippen LogP contribution in [0, 0.1) is 26.7 Å². The van der Waals surface area contributed by atoms with Crippen LogP contribution in [0.2, 0.25) is 0 Å². The number of halogens is 1. The van der Waals surface area contributed by atoms with Crippen molar-refractivity contribution in [3.05, 3.63) is 34.4 Å². The third-order valence-corrected chi connectivity index (χ3v) is 4.95. The van der Waals surface area contributed by atoms with Crippen molar-refractivity contribution in [2.45, 2.75) is 64.7 Å². The largest absolute Gasteiger partial charge is 0.123 e. The van der Waals surface area contributed by atoms with Gasteiger partial charge in [-0.1, -0.05) is 37.0 Å². The summed E-state index contributed by atoms with van der Waals surface area (Å²) in [5.74, 6) is 0.675. The van der Waals surface area contributed by atoms with E-state index in [9.17, 15) is 0 Å². The fraction of sp³-hybridized carbons (Fsp3) is 0.647. The molecule has 18 heavy (non-hydrogen) atoms. The Kier molecular flexibility index (Phi) is 4.72. The van der Waals surface area contributed by atoms with E-state index in [4.69, 9.17) is 11.6 Å². The van der Waals surface area contributed by atoms with Crippen molar-refractivity contribution in [2.24, 2.45) is 5.92 Å². The number of rotatable bonds is 2. The van der Waals surface area contributed by atoms with Crippen LogP contribution < -0.4 is 0 Å². The van der Waals surface area contributed by atoms with Gasteiger partial charge in [-0.3, -0.25) is 0 Å². The molecule has 2 unspecified atom stereocenters. The lowest BCUT2D eigenvalue weighted by atomic mass is 9.87. The molecule has 0 nitrogen and oxygen atoms in total.